The van der Waals surface area contributed by atoms with Crippen LogP contribution in [0.5, 0.6) is 5.75 Å². The van der Waals surface area contributed by atoms with Gasteiger partial charge in [-0.05, 0) is 32.3 Å². The molecule has 5 heteroatoms. The van der Waals surface area contributed by atoms with Crippen molar-refractivity contribution in [3.8, 4) is 11.8 Å². The number of para-hydroxylation sites is 1. The maximum atomic E-state index is 8.79. The molecule has 0 aliphatic rings. The van der Waals surface area contributed by atoms with Crippen molar-refractivity contribution in [2.75, 3.05) is 33.1 Å². The molecule has 1 atom stereocenters. The second-order valence-corrected chi connectivity index (χ2v) is 5.15. The summed E-state index contributed by atoms with van der Waals surface area (Å²) in [7, 11) is 5.75. The number of ether oxygens (including phenoxy) is 1. The molecule has 1 aromatic carbocycles. The van der Waals surface area contributed by atoms with E-state index in [2.05, 4.69) is 27.3 Å². The summed E-state index contributed by atoms with van der Waals surface area (Å²) in [6.07, 6.45) is 1.57. The van der Waals surface area contributed by atoms with Gasteiger partial charge < -0.3 is 15.0 Å². The number of hydrogen-bond acceptors (Lipinski definition) is 5. The smallest absolute Gasteiger partial charge is 0.126 e. The molecule has 2 aromatic rings. The third-order valence-electron chi connectivity index (χ3n) is 3.49. The molecule has 22 heavy (non-hydrogen) atoms. The van der Waals surface area contributed by atoms with Gasteiger partial charge in [0.25, 0.3) is 0 Å². The number of hydrogen-bond donors (Lipinski definition) is 1. The lowest BCUT2D eigenvalue weighted by Gasteiger charge is -2.26. The molecule has 5 nitrogen and oxygen atoms in total. The van der Waals surface area contributed by atoms with E-state index in [1.54, 1.807) is 19.4 Å². The second-order valence-electron chi connectivity index (χ2n) is 5.15. The van der Waals surface area contributed by atoms with Crippen molar-refractivity contribution in [2.45, 2.75) is 6.04 Å². The Bertz CT molecular complexity index is 646. The van der Waals surface area contributed by atoms with Gasteiger partial charge in [0, 0.05) is 18.3 Å². The largest absolute Gasteiger partial charge is 0.496 e. The highest BCUT2D eigenvalue weighted by molar-refractivity contribution is 5.41. The molecule has 0 aliphatic heterocycles. The Hall–Kier alpha value is -2.58. The van der Waals surface area contributed by atoms with Crippen LogP contribution in [0.2, 0.25) is 0 Å². The van der Waals surface area contributed by atoms with Crippen LogP contribution in [0.4, 0.5) is 5.82 Å². The highest BCUT2D eigenvalue weighted by Crippen LogP contribution is 2.28. The minimum Gasteiger partial charge on any atom is -0.496 e. The lowest BCUT2D eigenvalue weighted by molar-refractivity contribution is 0.300. The first-order valence-corrected chi connectivity index (χ1v) is 7.05. The molecule has 0 bridgehead atoms. The van der Waals surface area contributed by atoms with E-state index in [9.17, 15) is 0 Å². The third-order valence-corrected chi connectivity index (χ3v) is 3.49. The Kier molecular flexibility index (Phi) is 5.34. The molecular formula is C17H20N4O. The predicted octanol–water partition coefficient (Wildman–Crippen LogP) is 2.68. The monoisotopic (exact) mass is 296 g/mol. The number of methoxy groups -OCH3 is 1. The zero-order chi connectivity index (χ0) is 15.9. The second kappa shape index (κ2) is 7.43. The normalized spacial score (nSPS) is 11.8. The Morgan fingerprint density at radius 1 is 1.27 bits per heavy atom. The lowest BCUT2D eigenvalue weighted by atomic mass is 10.0. The molecule has 2 rings (SSSR count). The van der Waals surface area contributed by atoms with Crippen LogP contribution in [0.25, 0.3) is 0 Å². The number of nitrogens with zero attached hydrogens (tertiary/aromatic N) is 3. The van der Waals surface area contributed by atoms with Crippen LogP contribution in [-0.2, 0) is 0 Å². The van der Waals surface area contributed by atoms with Crippen molar-refractivity contribution in [1.29, 1.82) is 5.26 Å². The first-order valence-electron chi connectivity index (χ1n) is 7.05. The van der Waals surface area contributed by atoms with Gasteiger partial charge in [-0.15, -0.1) is 0 Å². The van der Waals surface area contributed by atoms with E-state index in [0.29, 0.717) is 12.1 Å². The molecule has 0 amide bonds. The Morgan fingerprint density at radius 2 is 2.05 bits per heavy atom. The van der Waals surface area contributed by atoms with Gasteiger partial charge in [-0.2, -0.15) is 5.26 Å². The minimum atomic E-state index is 0.147. The summed E-state index contributed by atoms with van der Waals surface area (Å²) < 4.78 is 5.45. The van der Waals surface area contributed by atoms with Crippen LogP contribution in [0, 0.1) is 11.3 Å². The number of anilines is 1. The quantitative estimate of drug-likeness (QED) is 0.888. The number of likely N-dealkylation sites (N-methyl/N-ethyl adjacent to an activating group) is 1. The van der Waals surface area contributed by atoms with E-state index in [0.717, 1.165) is 17.1 Å². The fourth-order valence-corrected chi connectivity index (χ4v) is 2.28. The number of aromatic nitrogens is 1. The molecule has 0 aliphatic carbocycles. The Balaban J connectivity index is 2.13. The zero-order valence-electron chi connectivity index (χ0n) is 13.1. The van der Waals surface area contributed by atoms with Gasteiger partial charge in [-0.3, -0.25) is 0 Å². The molecule has 1 heterocycles. The number of pyridine rings is 1. The molecule has 114 valence electrons. The lowest BCUT2D eigenvalue weighted by Crippen LogP contribution is -2.27. The molecule has 1 aromatic heterocycles. The van der Waals surface area contributed by atoms with E-state index in [4.69, 9.17) is 10.00 Å². The standard InChI is InChI=1S/C17H20N4O/c1-21(2)15(14-6-4-5-7-16(14)22-3)12-20-17-9-8-13(10-18)11-19-17/h4-9,11,15H,12H2,1-3H3,(H,19,20). The van der Waals surface area contributed by atoms with Crippen molar-refractivity contribution >= 4 is 5.82 Å². The van der Waals surface area contributed by atoms with Crippen molar-refractivity contribution in [1.82, 2.24) is 9.88 Å². The van der Waals surface area contributed by atoms with Gasteiger partial charge in [0.15, 0.2) is 0 Å². The summed E-state index contributed by atoms with van der Waals surface area (Å²) >= 11 is 0. The first kappa shape index (κ1) is 15.8. The zero-order valence-corrected chi connectivity index (χ0v) is 13.1. The average molecular weight is 296 g/mol. The fraction of sp³-hybridized carbons (Fsp3) is 0.294. The van der Waals surface area contributed by atoms with Crippen molar-refractivity contribution < 1.29 is 4.74 Å². The van der Waals surface area contributed by atoms with Gasteiger partial charge in [0.2, 0.25) is 0 Å². The number of rotatable bonds is 6. The predicted molar refractivity (Wildman–Crippen MR) is 86.9 cm³/mol. The maximum Gasteiger partial charge on any atom is 0.126 e. The minimum absolute atomic E-state index is 0.147. The topological polar surface area (TPSA) is 61.2 Å². The Labute approximate surface area is 131 Å². The van der Waals surface area contributed by atoms with Gasteiger partial charge in [-0.1, -0.05) is 18.2 Å². The highest BCUT2D eigenvalue weighted by atomic mass is 16.5. The highest BCUT2D eigenvalue weighted by Gasteiger charge is 2.18. The van der Waals surface area contributed by atoms with E-state index in [1.165, 1.54) is 0 Å². The van der Waals surface area contributed by atoms with Crippen LogP contribution >= 0.6 is 0 Å². The molecule has 1 unspecified atom stereocenters. The van der Waals surface area contributed by atoms with Crippen LogP contribution in [0.1, 0.15) is 17.2 Å². The third kappa shape index (κ3) is 3.74. The average Bonchev–Trinajstić information content (AvgIpc) is 2.55. The van der Waals surface area contributed by atoms with E-state index < -0.39 is 0 Å². The maximum absolute atomic E-state index is 8.79. The fourth-order valence-electron chi connectivity index (χ4n) is 2.28. The first-order chi connectivity index (χ1) is 10.7. The number of nitrogens with one attached hydrogen (secondary N) is 1. The SMILES string of the molecule is COc1ccccc1C(CNc1ccc(C#N)cn1)N(C)C. The van der Waals surface area contributed by atoms with Crippen LogP contribution in [0.3, 0.4) is 0 Å². The van der Waals surface area contributed by atoms with Gasteiger partial charge >= 0.3 is 0 Å². The van der Waals surface area contributed by atoms with Gasteiger partial charge in [0.05, 0.1) is 18.7 Å². The van der Waals surface area contributed by atoms with E-state index in [1.807, 2.05) is 38.4 Å². The summed E-state index contributed by atoms with van der Waals surface area (Å²) in [5, 5.41) is 12.1. The van der Waals surface area contributed by atoms with Crippen molar-refractivity contribution in [3.63, 3.8) is 0 Å². The Morgan fingerprint density at radius 3 is 2.64 bits per heavy atom. The summed E-state index contributed by atoms with van der Waals surface area (Å²) in [4.78, 5) is 6.37. The molecule has 0 saturated heterocycles. The molecule has 0 radical (unpaired) electrons. The molecule has 1 N–H and O–H groups in total. The molecular weight excluding hydrogens is 276 g/mol. The van der Waals surface area contributed by atoms with Crippen LogP contribution in [0.15, 0.2) is 42.6 Å². The summed E-state index contributed by atoms with van der Waals surface area (Å²) in [5.41, 5.74) is 1.68. The number of benzene rings is 1. The van der Waals surface area contributed by atoms with Crippen LogP contribution < -0.4 is 10.1 Å². The summed E-state index contributed by atoms with van der Waals surface area (Å²) in [6, 6.07) is 13.8. The van der Waals surface area contributed by atoms with Crippen molar-refractivity contribution in [3.05, 3.63) is 53.7 Å². The van der Waals surface area contributed by atoms with Gasteiger partial charge in [0.1, 0.15) is 17.6 Å². The summed E-state index contributed by atoms with van der Waals surface area (Å²) in [6.45, 7) is 0.687. The van der Waals surface area contributed by atoms with E-state index in [-0.39, 0.29) is 6.04 Å². The van der Waals surface area contributed by atoms with E-state index >= 15 is 0 Å². The number of nitriles is 1. The van der Waals surface area contributed by atoms with Crippen LogP contribution in [-0.4, -0.2) is 37.6 Å². The summed E-state index contributed by atoms with van der Waals surface area (Å²) in [5.74, 6) is 1.62. The van der Waals surface area contributed by atoms with Crippen molar-refractivity contribution in [2.24, 2.45) is 0 Å². The van der Waals surface area contributed by atoms with Gasteiger partial charge in [-0.25, -0.2) is 4.98 Å². The molecule has 0 spiro atoms. The molecule has 0 saturated carbocycles. The molecule has 0 fully saturated rings.